The highest BCUT2D eigenvalue weighted by Crippen LogP contribution is 2.34. The summed E-state index contributed by atoms with van der Waals surface area (Å²) in [5.74, 6) is -0.246. The maximum atomic E-state index is 12.0. The number of ether oxygens (including phenoxy) is 3. The molecule has 4 heteroatoms. The van der Waals surface area contributed by atoms with Gasteiger partial charge in [0.15, 0.2) is 0 Å². The molecular formula is C15H18O4. The SMILES string of the molecule is COC=C(C)c1cccc(C2(C(=O)OC)COC2)c1. The molecule has 0 N–H and O–H groups in total. The number of hydrogen-bond acceptors (Lipinski definition) is 4. The molecule has 0 radical (unpaired) electrons. The van der Waals surface area contributed by atoms with Gasteiger partial charge in [0.05, 0.1) is 33.7 Å². The fraction of sp³-hybridized carbons (Fsp3) is 0.400. The van der Waals surface area contributed by atoms with E-state index in [-0.39, 0.29) is 5.97 Å². The van der Waals surface area contributed by atoms with E-state index in [0.29, 0.717) is 13.2 Å². The van der Waals surface area contributed by atoms with Crippen LogP contribution in [0.5, 0.6) is 0 Å². The zero-order valence-corrected chi connectivity index (χ0v) is 11.4. The summed E-state index contributed by atoms with van der Waals surface area (Å²) in [6.07, 6.45) is 1.68. The van der Waals surface area contributed by atoms with Crippen LogP contribution in [0.2, 0.25) is 0 Å². The summed E-state index contributed by atoms with van der Waals surface area (Å²) < 4.78 is 15.1. The van der Waals surface area contributed by atoms with Gasteiger partial charge in [-0.05, 0) is 23.6 Å². The fourth-order valence-electron chi connectivity index (χ4n) is 2.21. The summed E-state index contributed by atoms with van der Waals surface area (Å²) in [6.45, 7) is 2.71. The number of hydrogen-bond donors (Lipinski definition) is 0. The van der Waals surface area contributed by atoms with E-state index < -0.39 is 5.41 Å². The smallest absolute Gasteiger partial charge is 0.321 e. The molecule has 0 amide bonds. The Morgan fingerprint density at radius 3 is 2.63 bits per heavy atom. The van der Waals surface area contributed by atoms with Crippen LogP contribution in [0.1, 0.15) is 18.1 Å². The Hall–Kier alpha value is -1.81. The fourth-order valence-corrected chi connectivity index (χ4v) is 2.21. The highest BCUT2D eigenvalue weighted by molar-refractivity contribution is 5.85. The summed E-state index contributed by atoms with van der Waals surface area (Å²) in [5.41, 5.74) is 2.30. The van der Waals surface area contributed by atoms with Crippen LogP contribution in [0, 0.1) is 0 Å². The van der Waals surface area contributed by atoms with Gasteiger partial charge >= 0.3 is 5.97 Å². The van der Waals surface area contributed by atoms with E-state index in [4.69, 9.17) is 14.2 Å². The predicted molar refractivity (Wildman–Crippen MR) is 71.6 cm³/mol. The molecule has 0 spiro atoms. The molecule has 19 heavy (non-hydrogen) atoms. The van der Waals surface area contributed by atoms with Crippen molar-refractivity contribution >= 4 is 11.5 Å². The highest BCUT2D eigenvalue weighted by atomic mass is 16.5. The average Bonchev–Trinajstić information content (AvgIpc) is 2.38. The van der Waals surface area contributed by atoms with Crippen LogP contribution >= 0.6 is 0 Å². The van der Waals surface area contributed by atoms with Gasteiger partial charge in [0.2, 0.25) is 0 Å². The third-order valence-corrected chi connectivity index (χ3v) is 3.44. The minimum atomic E-state index is -0.655. The van der Waals surface area contributed by atoms with E-state index >= 15 is 0 Å². The van der Waals surface area contributed by atoms with Crippen molar-refractivity contribution < 1.29 is 19.0 Å². The first-order valence-corrected chi connectivity index (χ1v) is 6.10. The zero-order chi connectivity index (χ0) is 13.9. The van der Waals surface area contributed by atoms with Gasteiger partial charge in [-0.25, -0.2) is 0 Å². The van der Waals surface area contributed by atoms with Gasteiger partial charge in [-0.2, -0.15) is 0 Å². The standard InChI is InChI=1S/C15H18O4/c1-11(8-17-2)12-5-4-6-13(7-12)15(9-19-10-15)14(16)18-3/h4-8H,9-10H2,1-3H3. The van der Waals surface area contributed by atoms with Crippen LogP contribution in [0.3, 0.4) is 0 Å². The molecule has 0 aromatic heterocycles. The van der Waals surface area contributed by atoms with Crippen LogP contribution < -0.4 is 0 Å². The molecule has 1 aromatic rings. The van der Waals surface area contributed by atoms with E-state index in [1.165, 1.54) is 7.11 Å². The van der Waals surface area contributed by atoms with Crippen molar-refractivity contribution in [1.82, 2.24) is 0 Å². The highest BCUT2D eigenvalue weighted by Gasteiger charge is 2.48. The molecule has 1 saturated heterocycles. The van der Waals surface area contributed by atoms with E-state index in [0.717, 1.165) is 16.7 Å². The van der Waals surface area contributed by atoms with Crippen molar-refractivity contribution in [3.63, 3.8) is 0 Å². The van der Waals surface area contributed by atoms with Gasteiger partial charge < -0.3 is 14.2 Å². The van der Waals surface area contributed by atoms with Crippen molar-refractivity contribution in [2.75, 3.05) is 27.4 Å². The number of carbonyl (C=O) groups is 1. The monoisotopic (exact) mass is 262 g/mol. The molecule has 0 saturated carbocycles. The molecule has 4 nitrogen and oxygen atoms in total. The Morgan fingerprint density at radius 2 is 2.11 bits per heavy atom. The van der Waals surface area contributed by atoms with Gasteiger partial charge in [-0.15, -0.1) is 0 Å². The van der Waals surface area contributed by atoms with Crippen molar-refractivity contribution in [2.45, 2.75) is 12.3 Å². The quantitative estimate of drug-likeness (QED) is 0.616. The Kier molecular flexibility index (Phi) is 3.90. The Labute approximate surface area is 113 Å². The summed E-state index contributed by atoms with van der Waals surface area (Å²) in [6, 6.07) is 7.84. The van der Waals surface area contributed by atoms with Gasteiger partial charge in [0, 0.05) is 0 Å². The molecule has 2 rings (SSSR count). The molecule has 1 aliphatic rings. The van der Waals surface area contributed by atoms with Gasteiger partial charge in [0.1, 0.15) is 5.41 Å². The maximum absolute atomic E-state index is 12.0. The second-order valence-corrected chi connectivity index (χ2v) is 4.68. The van der Waals surface area contributed by atoms with Crippen molar-refractivity contribution in [2.24, 2.45) is 0 Å². The molecular weight excluding hydrogens is 244 g/mol. The zero-order valence-electron chi connectivity index (χ0n) is 11.4. The number of benzene rings is 1. The summed E-state index contributed by atoms with van der Waals surface area (Å²) in [4.78, 5) is 12.0. The Morgan fingerprint density at radius 1 is 1.37 bits per heavy atom. The first kappa shape index (κ1) is 13.6. The number of rotatable bonds is 4. The third-order valence-electron chi connectivity index (χ3n) is 3.44. The molecule has 1 fully saturated rings. The first-order chi connectivity index (χ1) is 9.14. The summed E-state index contributed by atoms with van der Waals surface area (Å²) in [7, 11) is 3.02. The van der Waals surface area contributed by atoms with Crippen molar-refractivity contribution in [3.05, 3.63) is 41.7 Å². The molecule has 1 heterocycles. The molecule has 0 unspecified atom stereocenters. The first-order valence-electron chi connectivity index (χ1n) is 6.10. The largest absolute Gasteiger partial charge is 0.504 e. The van der Waals surface area contributed by atoms with E-state index in [1.807, 2.05) is 31.2 Å². The van der Waals surface area contributed by atoms with E-state index in [2.05, 4.69) is 0 Å². The lowest BCUT2D eigenvalue weighted by atomic mass is 9.78. The van der Waals surface area contributed by atoms with Crippen LogP contribution in [-0.2, 0) is 24.4 Å². The third kappa shape index (κ3) is 2.36. The van der Waals surface area contributed by atoms with Crippen LogP contribution in [0.15, 0.2) is 30.5 Å². The van der Waals surface area contributed by atoms with E-state index in [1.54, 1.807) is 13.4 Å². The minimum Gasteiger partial charge on any atom is -0.504 e. The predicted octanol–water partition coefficient (Wildman–Crippen LogP) is 2.13. The molecule has 0 bridgehead atoms. The lowest BCUT2D eigenvalue weighted by Crippen LogP contribution is -2.53. The molecule has 0 aliphatic carbocycles. The van der Waals surface area contributed by atoms with Crippen LogP contribution in [0.25, 0.3) is 5.57 Å². The van der Waals surface area contributed by atoms with Crippen molar-refractivity contribution in [3.8, 4) is 0 Å². The summed E-state index contributed by atoms with van der Waals surface area (Å²) >= 11 is 0. The Balaban J connectivity index is 2.38. The maximum Gasteiger partial charge on any atom is 0.321 e. The second kappa shape index (κ2) is 5.45. The normalized spacial score (nSPS) is 17.5. The number of esters is 1. The topological polar surface area (TPSA) is 44.8 Å². The second-order valence-electron chi connectivity index (χ2n) is 4.68. The average molecular weight is 262 g/mol. The Bertz CT molecular complexity index is 501. The van der Waals surface area contributed by atoms with Gasteiger partial charge in [-0.1, -0.05) is 24.3 Å². The molecule has 1 aromatic carbocycles. The van der Waals surface area contributed by atoms with Gasteiger partial charge in [-0.3, -0.25) is 4.79 Å². The molecule has 102 valence electrons. The lowest BCUT2D eigenvalue weighted by Gasteiger charge is -2.39. The number of allylic oxidation sites excluding steroid dienone is 1. The minimum absolute atomic E-state index is 0.246. The lowest BCUT2D eigenvalue weighted by molar-refractivity contribution is -0.166. The molecule has 0 atom stereocenters. The van der Waals surface area contributed by atoms with E-state index in [9.17, 15) is 4.79 Å². The number of methoxy groups -OCH3 is 2. The number of carbonyl (C=O) groups excluding carboxylic acids is 1. The molecule has 1 aliphatic heterocycles. The van der Waals surface area contributed by atoms with Gasteiger partial charge in [0.25, 0.3) is 0 Å². The van der Waals surface area contributed by atoms with Crippen molar-refractivity contribution in [1.29, 1.82) is 0 Å². The van der Waals surface area contributed by atoms with Crippen LogP contribution in [0.4, 0.5) is 0 Å². The van der Waals surface area contributed by atoms with Crippen LogP contribution in [-0.4, -0.2) is 33.4 Å². The summed E-state index contributed by atoms with van der Waals surface area (Å²) in [5, 5.41) is 0.